The van der Waals surface area contributed by atoms with Gasteiger partial charge < -0.3 is 15.4 Å². The molecule has 0 radical (unpaired) electrons. The first-order valence-electron chi connectivity index (χ1n) is 7.35. The summed E-state index contributed by atoms with van der Waals surface area (Å²) in [6.45, 7) is 0. The van der Waals surface area contributed by atoms with E-state index in [0.717, 1.165) is 0 Å². The lowest BCUT2D eigenvalue weighted by atomic mass is 10.1. The number of nitrogens with zero attached hydrogens (tertiary/aromatic N) is 1. The summed E-state index contributed by atoms with van der Waals surface area (Å²) in [4.78, 5) is 30.5. The molecule has 25 heavy (non-hydrogen) atoms. The number of aromatic nitrogens is 2. The molecule has 0 spiro atoms. The van der Waals surface area contributed by atoms with Crippen molar-refractivity contribution >= 4 is 34.4 Å². The van der Waals surface area contributed by atoms with E-state index in [2.05, 4.69) is 15.3 Å². The number of carboxylic acid groups (broad SMARTS) is 1. The number of nitrogens with one attached hydrogen (secondary N) is 2. The molecule has 1 amide bonds. The zero-order valence-corrected chi connectivity index (χ0v) is 13.5. The lowest BCUT2D eigenvalue weighted by molar-refractivity contribution is -0.139. The summed E-state index contributed by atoms with van der Waals surface area (Å²) >= 11 is 5.80. The van der Waals surface area contributed by atoms with Crippen molar-refractivity contribution in [2.45, 2.75) is 12.5 Å². The SMILES string of the molecule is O=C(NC(Cc1ccc(F)cc1)C(=O)O)c1cc2cc(Cl)ncc2[nH]1. The summed E-state index contributed by atoms with van der Waals surface area (Å²) < 4.78 is 12.9. The van der Waals surface area contributed by atoms with Crippen molar-refractivity contribution in [1.29, 1.82) is 0 Å². The number of aliphatic carboxylic acids is 1. The summed E-state index contributed by atoms with van der Waals surface area (Å²) in [5.74, 6) is -2.16. The van der Waals surface area contributed by atoms with Crippen molar-refractivity contribution in [2.24, 2.45) is 0 Å². The van der Waals surface area contributed by atoms with Gasteiger partial charge in [0, 0.05) is 11.8 Å². The summed E-state index contributed by atoms with van der Waals surface area (Å²) in [6, 6.07) is 7.45. The van der Waals surface area contributed by atoms with Gasteiger partial charge in [-0.1, -0.05) is 23.7 Å². The van der Waals surface area contributed by atoms with E-state index in [0.29, 0.717) is 16.5 Å². The molecule has 0 aliphatic heterocycles. The number of fused-ring (bicyclic) bond motifs is 1. The quantitative estimate of drug-likeness (QED) is 0.609. The molecule has 128 valence electrons. The predicted octanol–water partition coefficient (Wildman–Crippen LogP) is 2.78. The van der Waals surface area contributed by atoms with Gasteiger partial charge in [-0.3, -0.25) is 4.79 Å². The number of carbonyl (C=O) groups is 2. The molecular formula is C17H13ClFN3O3. The first-order valence-corrected chi connectivity index (χ1v) is 7.72. The second-order valence-electron chi connectivity index (χ2n) is 5.47. The van der Waals surface area contributed by atoms with E-state index in [4.69, 9.17) is 11.6 Å². The Kier molecular flexibility index (Phi) is 4.67. The maximum Gasteiger partial charge on any atom is 0.326 e. The molecule has 3 aromatic rings. The van der Waals surface area contributed by atoms with Crippen LogP contribution in [0.4, 0.5) is 4.39 Å². The Morgan fingerprint density at radius 2 is 2.00 bits per heavy atom. The second kappa shape index (κ2) is 6.90. The minimum absolute atomic E-state index is 0.0367. The molecule has 1 atom stereocenters. The van der Waals surface area contributed by atoms with Crippen molar-refractivity contribution in [2.75, 3.05) is 0 Å². The number of aromatic amines is 1. The van der Waals surface area contributed by atoms with Crippen molar-refractivity contribution in [3.63, 3.8) is 0 Å². The van der Waals surface area contributed by atoms with E-state index in [9.17, 15) is 19.1 Å². The molecule has 3 rings (SSSR count). The highest BCUT2D eigenvalue weighted by molar-refractivity contribution is 6.30. The van der Waals surface area contributed by atoms with E-state index in [-0.39, 0.29) is 17.3 Å². The van der Waals surface area contributed by atoms with E-state index < -0.39 is 23.7 Å². The van der Waals surface area contributed by atoms with Crippen LogP contribution in [-0.4, -0.2) is 33.0 Å². The van der Waals surface area contributed by atoms with Gasteiger partial charge in [0.2, 0.25) is 0 Å². The van der Waals surface area contributed by atoms with Gasteiger partial charge in [0.05, 0.1) is 11.7 Å². The number of halogens is 2. The number of carbonyl (C=O) groups excluding carboxylic acids is 1. The van der Waals surface area contributed by atoms with Gasteiger partial charge in [-0.05, 0) is 29.8 Å². The lowest BCUT2D eigenvalue weighted by Crippen LogP contribution is -2.42. The zero-order chi connectivity index (χ0) is 18.0. The Balaban J connectivity index is 1.77. The third-order valence-electron chi connectivity index (χ3n) is 3.67. The first kappa shape index (κ1) is 16.9. The van der Waals surface area contributed by atoms with E-state index in [1.54, 1.807) is 12.1 Å². The topological polar surface area (TPSA) is 95.1 Å². The Bertz CT molecular complexity index is 940. The molecule has 0 saturated carbocycles. The zero-order valence-electron chi connectivity index (χ0n) is 12.8. The number of rotatable bonds is 5. The molecule has 3 N–H and O–H groups in total. The van der Waals surface area contributed by atoms with Crippen LogP contribution in [0.15, 0.2) is 42.6 Å². The van der Waals surface area contributed by atoms with E-state index >= 15 is 0 Å². The number of hydrogen-bond donors (Lipinski definition) is 3. The van der Waals surface area contributed by atoms with Gasteiger partial charge in [0.25, 0.3) is 5.91 Å². The normalized spacial score (nSPS) is 12.1. The van der Waals surface area contributed by atoms with Crippen LogP contribution in [-0.2, 0) is 11.2 Å². The summed E-state index contributed by atoms with van der Waals surface area (Å²) in [5, 5.41) is 12.8. The molecular weight excluding hydrogens is 349 g/mol. The van der Waals surface area contributed by atoms with Crippen molar-refractivity contribution in [3.8, 4) is 0 Å². The van der Waals surface area contributed by atoms with Crippen LogP contribution in [0.2, 0.25) is 5.15 Å². The fraction of sp³-hybridized carbons (Fsp3) is 0.118. The monoisotopic (exact) mass is 361 g/mol. The fourth-order valence-corrected chi connectivity index (χ4v) is 2.59. The van der Waals surface area contributed by atoms with Gasteiger partial charge in [-0.15, -0.1) is 0 Å². The van der Waals surface area contributed by atoms with Gasteiger partial charge in [0.1, 0.15) is 22.7 Å². The van der Waals surface area contributed by atoms with Crippen LogP contribution < -0.4 is 5.32 Å². The highest BCUT2D eigenvalue weighted by atomic mass is 35.5. The highest BCUT2D eigenvalue weighted by Crippen LogP contribution is 2.18. The molecule has 0 aliphatic rings. The van der Waals surface area contributed by atoms with Crippen molar-refractivity contribution in [3.05, 3.63) is 64.8 Å². The highest BCUT2D eigenvalue weighted by Gasteiger charge is 2.22. The first-order chi connectivity index (χ1) is 11.9. The Labute approximate surface area is 146 Å². The molecule has 0 bridgehead atoms. The molecule has 8 heteroatoms. The largest absolute Gasteiger partial charge is 0.480 e. The molecule has 6 nitrogen and oxygen atoms in total. The van der Waals surface area contributed by atoms with Gasteiger partial charge in [-0.25, -0.2) is 14.2 Å². The summed E-state index contributed by atoms with van der Waals surface area (Å²) in [6.07, 6.45) is 1.52. The van der Waals surface area contributed by atoms with Crippen LogP contribution in [0.5, 0.6) is 0 Å². The molecule has 2 heterocycles. The molecule has 0 saturated heterocycles. The predicted molar refractivity (Wildman–Crippen MR) is 90.1 cm³/mol. The number of carboxylic acids is 1. The average Bonchev–Trinajstić information content (AvgIpc) is 2.99. The fourth-order valence-electron chi connectivity index (χ4n) is 2.42. The van der Waals surface area contributed by atoms with Crippen LogP contribution in [0.3, 0.4) is 0 Å². The van der Waals surface area contributed by atoms with Crippen LogP contribution in [0, 0.1) is 5.82 Å². The third kappa shape index (κ3) is 3.95. The Morgan fingerprint density at radius 1 is 1.28 bits per heavy atom. The number of H-pyrrole nitrogens is 1. The molecule has 0 fully saturated rings. The molecule has 0 aliphatic carbocycles. The number of hydrogen-bond acceptors (Lipinski definition) is 3. The minimum atomic E-state index is -1.18. The summed E-state index contributed by atoms with van der Waals surface area (Å²) in [7, 11) is 0. The Hall–Kier alpha value is -2.93. The van der Waals surface area contributed by atoms with Gasteiger partial charge in [-0.2, -0.15) is 0 Å². The Morgan fingerprint density at radius 3 is 2.68 bits per heavy atom. The minimum Gasteiger partial charge on any atom is -0.480 e. The molecule has 1 aromatic carbocycles. The number of amides is 1. The second-order valence-corrected chi connectivity index (χ2v) is 5.86. The maximum atomic E-state index is 12.9. The molecule has 1 unspecified atom stereocenters. The summed E-state index contributed by atoms with van der Waals surface area (Å²) in [5.41, 5.74) is 1.41. The smallest absolute Gasteiger partial charge is 0.326 e. The van der Waals surface area contributed by atoms with Crippen molar-refractivity contribution in [1.82, 2.24) is 15.3 Å². The maximum absolute atomic E-state index is 12.9. The third-order valence-corrected chi connectivity index (χ3v) is 3.88. The number of benzene rings is 1. The van der Waals surface area contributed by atoms with Crippen molar-refractivity contribution < 1.29 is 19.1 Å². The lowest BCUT2D eigenvalue weighted by Gasteiger charge is -2.14. The average molecular weight is 362 g/mol. The molecule has 2 aromatic heterocycles. The standard InChI is InChI=1S/C17H13ClFN3O3/c18-15-7-10-6-12(21-14(10)8-20-15)16(23)22-13(17(24)25)5-9-1-3-11(19)4-2-9/h1-4,6-8,13,21H,5H2,(H,22,23)(H,24,25). The van der Waals surface area contributed by atoms with Crippen LogP contribution in [0.25, 0.3) is 10.9 Å². The number of pyridine rings is 1. The van der Waals surface area contributed by atoms with E-state index in [1.165, 1.54) is 30.5 Å². The van der Waals surface area contributed by atoms with E-state index in [1.807, 2.05) is 0 Å². The van der Waals surface area contributed by atoms with Crippen LogP contribution in [0.1, 0.15) is 16.1 Å². The van der Waals surface area contributed by atoms with Gasteiger partial charge in [0.15, 0.2) is 0 Å². The van der Waals surface area contributed by atoms with Gasteiger partial charge >= 0.3 is 5.97 Å². The van der Waals surface area contributed by atoms with Crippen LogP contribution >= 0.6 is 11.6 Å².